The van der Waals surface area contributed by atoms with Crippen LogP contribution in [0.15, 0.2) is 35.3 Å². The van der Waals surface area contributed by atoms with Crippen molar-refractivity contribution in [2.24, 2.45) is 4.99 Å². The number of aliphatic imine (C=N–C) groups is 1. The molecule has 0 spiro atoms. The molecule has 0 atom stereocenters. The van der Waals surface area contributed by atoms with Crippen LogP contribution in [0, 0.1) is 6.92 Å². The van der Waals surface area contributed by atoms with Crippen molar-refractivity contribution in [2.75, 3.05) is 13.1 Å². The fourth-order valence-electron chi connectivity index (χ4n) is 2.19. The predicted octanol–water partition coefficient (Wildman–Crippen LogP) is 4.35. The minimum Gasteiger partial charge on any atom is -0.356 e. The third kappa shape index (κ3) is 3.14. The van der Waals surface area contributed by atoms with Gasteiger partial charge in [0.2, 0.25) is 0 Å². The number of hydrogen-bond donors (Lipinski definition) is 0. The summed E-state index contributed by atoms with van der Waals surface area (Å²) in [6, 6.07) is 5.92. The van der Waals surface area contributed by atoms with Crippen LogP contribution in [0.25, 0.3) is 0 Å². The Morgan fingerprint density at radius 1 is 1.50 bits per heavy atom. The Bertz CT molecular complexity index is 491. The maximum Gasteiger partial charge on any atom is 0.105 e. The Morgan fingerprint density at radius 3 is 2.94 bits per heavy atom. The molecule has 18 heavy (non-hydrogen) atoms. The Kier molecular flexibility index (Phi) is 4.07. The van der Waals surface area contributed by atoms with Crippen molar-refractivity contribution in [3.8, 4) is 0 Å². The molecule has 0 unspecified atom stereocenters. The molecule has 1 aromatic carbocycles. The lowest BCUT2D eigenvalue weighted by molar-refractivity contribution is 0.491. The molecule has 1 aromatic rings. The summed E-state index contributed by atoms with van der Waals surface area (Å²) in [5.74, 6) is 1.17. The van der Waals surface area contributed by atoms with E-state index in [4.69, 9.17) is 16.6 Å². The monoisotopic (exact) mass is 262 g/mol. The first kappa shape index (κ1) is 13.2. The standard InChI is InChI=1S/C15H19ClN2/c1-11(2)10-18-8-4-5-15(18)17-13-6-7-14(16)12(3)9-13/h6-7,9H,1,4-5,8,10H2,2-3H3. The van der Waals surface area contributed by atoms with E-state index in [2.05, 4.69) is 18.4 Å². The first-order chi connectivity index (χ1) is 8.56. The van der Waals surface area contributed by atoms with Gasteiger partial charge in [0.05, 0.1) is 5.69 Å². The number of rotatable bonds is 3. The fraction of sp³-hybridized carbons (Fsp3) is 0.400. The molecule has 0 amide bonds. The molecule has 1 aliphatic rings. The van der Waals surface area contributed by atoms with Crippen LogP contribution < -0.4 is 0 Å². The van der Waals surface area contributed by atoms with Gasteiger partial charge in [-0.25, -0.2) is 4.99 Å². The Hall–Kier alpha value is -1.28. The van der Waals surface area contributed by atoms with Crippen molar-refractivity contribution in [3.63, 3.8) is 0 Å². The molecular formula is C15H19ClN2. The summed E-state index contributed by atoms with van der Waals surface area (Å²) in [6.07, 6.45) is 2.23. The second kappa shape index (κ2) is 5.57. The molecule has 0 aromatic heterocycles. The van der Waals surface area contributed by atoms with Gasteiger partial charge in [0, 0.05) is 24.5 Å². The summed E-state index contributed by atoms with van der Waals surface area (Å²) in [6.45, 7) is 10.0. The van der Waals surface area contributed by atoms with Crippen LogP contribution in [-0.2, 0) is 0 Å². The van der Waals surface area contributed by atoms with E-state index in [1.807, 2.05) is 25.1 Å². The van der Waals surface area contributed by atoms with E-state index in [1.54, 1.807) is 0 Å². The minimum absolute atomic E-state index is 0.796. The average Bonchev–Trinajstić information content (AvgIpc) is 2.70. The molecule has 3 heteroatoms. The lowest BCUT2D eigenvalue weighted by Gasteiger charge is -2.18. The number of likely N-dealkylation sites (tertiary alicyclic amines) is 1. The molecule has 1 aliphatic heterocycles. The van der Waals surface area contributed by atoms with Gasteiger partial charge in [0.25, 0.3) is 0 Å². The number of amidine groups is 1. The van der Waals surface area contributed by atoms with Crippen LogP contribution in [-0.4, -0.2) is 23.8 Å². The Morgan fingerprint density at radius 2 is 2.28 bits per heavy atom. The highest BCUT2D eigenvalue weighted by Crippen LogP contribution is 2.24. The van der Waals surface area contributed by atoms with Crippen LogP contribution >= 0.6 is 11.6 Å². The lowest BCUT2D eigenvalue weighted by Crippen LogP contribution is -2.26. The second-order valence-corrected chi connectivity index (χ2v) is 5.35. The molecular weight excluding hydrogens is 244 g/mol. The highest BCUT2D eigenvalue weighted by Gasteiger charge is 2.18. The van der Waals surface area contributed by atoms with Crippen LogP contribution in [0.3, 0.4) is 0 Å². The van der Waals surface area contributed by atoms with E-state index in [0.29, 0.717) is 0 Å². The molecule has 0 N–H and O–H groups in total. The molecule has 0 saturated carbocycles. The maximum absolute atomic E-state index is 6.02. The third-order valence-corrected chi connectivity index (χ3v) is 3.48. The van der Waals surface area contributed by atoms with Gasteiger partial charge in [0.15, 0.2) is 0 Å². The molecule has 2 nitrogen and oxygen atoms in total. The van der Waals surface area contributed by atoms with Crippen molar-refractivity contribution >= 4 is 23.1 Å². The van der Waals surface area contributed by atoms with Crippen molar-refractivity contribution in [2.45, 2.75) is 26.7 Å². The van der Waals surface area contributed by atoms with Gasteiger partial charge in [-0.2, -0.15) is 0 Å². The zero-order valence-corrected chi connectivity index (χ0v) is 11.8. The SMILES string of the molecule is C=C(C)CN1CCCC1=Nc1ccc(Cl)c(C)c1. The van der Waals surface area contributed by atoms with E-state index in [0.717, 1.165) is 35.8 Å². The minimum atomic E-state index is 0.796. The largest absolute Gasteiger partial charge is 0.356 e. The molecule has 2 rings (SSSR count). The summed E-state index contributed by atoms with van der Waals surface area (Å²) < 4.78 is 0. The van der Waals surface area contributed by atoms with E-state index < -0.39 is 0 Å². The van der Waals surface area contributed by atoms with Crippen LogP contribution in [0.2, 0.25) is 5.02 Å². The normalized spacial score (nSPS) is 17.5. The maximum atomic E-state index is 6.02. The number of hydrogen-bond acceptors (Lipinski definition) is 1. The number of halogens is 1. The van der Waals surface area contributed by atoms with E-state index >= 15 is 0 Å². The summed E-state index contributed by atoms with van der Waals surface area (Å²) in [7, 11) is 0. The summed E-state index contributed by atoms with van der Waals surface area (Å²) in [4.78, 5) is 7.05. The molecule has 0 bridgehead atoms. The van der Waals surface area contributed by atoms with Gasteiger partial charge in [0.1, 0.15) is 5.84 Å². The van der Waals surface area contributed by atoms with Gasteiger partial charge < -0.3 is 4.90 Å². The third-order valence-electron chi connectivity index (χ3n) is 3.05. The highest BCUT2D eigenvalue weighted by atomic mass is 35.5. The molecule has 1 saturated heterocycles. The van der Waals surface area contributed by atoms with E-state index in [1.165, 1.54) is 17.8 Å². The van der Waals surface area contributed by atoms with E-state index in [9.17, 15) is 0 Å². The van der Waals surface area contributed by atoms with Gasteiger partial charge in [-0.3, -0.25) is 0 Å². The summed E-state index contributed by atoms with van der Waals surface area (Å²) in [5.41, 5.74) is 3.24. The Labute approximate surface area is 114 Å². The van der Waals surface area contributed by atoms with Crippen molar-refractivity contribution < 1.29 is 0 Å². The Balaban J connectivity index is 2.20. The number of aryl methyl sites for hydroxylation is 1. The highest BCUT2D eigenvalue weighted by molar-refractivity contribution is 6.31. The van der Waals surface area contributed by atoms with Crippen LogP contribution in [0.5, 0.6) is 0 Å². The van der Waals surface area contributed by atoms with Crippen LogP contribution in [0.4, 0.5) is 5.69 Å². The van der Waals surface area contributed by atoms with Gasteiger partial charge >= 0.3 is 0 Å². The van der Waals surface area contributed by atoms with Gasteiger partial charge in [-0.05, 0) is 44.0 Å². The van der Waals surface area contributed by atoms with Gasteiger partial charge in [-0.15, -0.1) is 0 Å². The molecule has 0 radical (unpaired) electrons. The fourth-order valence-corrected chi connectivity index (χ4v) is 2.30. The lowest BCUT2D eigenvalue weighted by atomic mass is 10.2. The zero-order valence-electron chi connectivity index (χ0n) is 11.0. The average molecular weight is 263 g/mol. The quantitative estimate of drug-likeness (QED) is 0.740. The first-order valence-corrected chi connectivity index (χ1v) is 6.67. The van der Waals surface area contributed by atoms with Crippen molar-refractivity contribution in [1.82, 2.24) is 4.90 Å². The number of nitrogens with zero attached hydrogens (tertiary/aromatic N) is 2. The first-order valence-electron chi connectivity index (χ1n) is 6.29. The zero-order chi connectivity index (χ0) is 13.1. The van der Waals surface area contributed by atoms with Crippen molar-refractivity contribution in [3.05, 3.63) is 40.9 Å². The smallest absolute Gasteiger partial charge is 0.105 e. The summed E-state index contributed by atoms with van der Waals surface area (Å²) >= 11 is 6.02. The molecule has 96 valence electrons. The van der Waals surface area contributed by atoms with Gasteiger partial charge in [-0.1, -0.05) is 23.8 Å². The molecule has 1 fully saturated rings. The summed E-state index contributed by atoms with van der Waals surface area (Å²) in [5, 5.41) is 0.796. The van der Waals surface area contributed by atoms with Crippen molar-refractivity contribution in [1.29, 1.82) is 0 Å². The number of benzene rings is 1. The van der Waals surface area contributed by atoms with Crippen LogP contribution in [0.1, 0.15) is 25.3 Å². The second-order valence-electron chi connectivity index (χ2n) is 4.94. The molecule has 0 aliphatic carbocycles. The predicted molar refractivity (Wildman–Crippen MR) is 78.9 cm³/mol. The topological polar surface area (TPSA) is 15.6 Å². The van der Waals surface area contributed by atoms with E-state index in [-0.39, 0.29) is 0 Å². The molecule has 1 heterocycles.